The lowest BCUT2D eigenvalue weighted by atomic mass is 10.1. The number of hydrogen-bond donors (Lipinski definition) is 1. The molecule has 0 saturated heterocycles. The Morgan fingerprint density at radius 1 is 0.947 bits per heavy atom. The first-order valence-corrected chi connectivity index (χ1v) is 6.91. The fourth-order valence-electron chi connectivity index (χ4n) is 2.59. The SMILES string of the molecule is Cc1ccc(NCCN2Cc3ccccc3C2)cc1. The highest BCUT2D eigenvalue weighted by molar-refractivity contribution is 5.44. The minimum atomic E-state index is 0.997. The summed E-state index contributed by atoms with van der Waals surface area (Å²) in [4.78, 5) is 2.49. The highest BCUT2D eigenvalue weighted by Gasteiger charge is 2.17. The van der Waals surface area contributed by atoms with Gasteiger partial charge >= 0.3 is 0 Å². The van der Waals surface area contributed by atoms with E-state index in [1.165, 1.54) is 22.4 Å². The lowest BCUT2D eigenvalue weighted by molar-refractivity contribution is 0.296. The van der Waals surface area contributed by atoms with Crippen molar-refractivity contribution in [1.29, 1.82) is 0 Å². The van der Waals surface area contributed by atoms with Crippen LogP contribution in [0.3, 0.4) is 0 Å². The van der Waals surface area contributed by atoms with Gasteiger partial charge in [-0.15, -0.1) is 0 Å². The molecule has 0 saturated carbocycles. The molecule has 2 aromatic rings. The number of benzene rings is 2. The Balaban J connectivity index is 1.48. The third kappa shape index (κ3) is 2.96. The van der Waals surface area contributed by atoms with E-state index in [1.807, 2.05) is 0 Å². The Bertz CT molecular complexity index is 520. The van der Waals surface area contributed by atoms with E-state index in [0.717, 1.165) is 26.2 Å². The van der Waals surface area contributed by atoms with Gasteiger partial charge in [-0.05, 0) is 30.2 Å². The van der Waals surface area contributed by atoms with Crippen molar-refractivity contribution in [2.75, 3.05) is 18.4 Å². The number of fused-ring (bicyclic) bond motifs is 1. The normalized spacial score (nSPS) is 14.4. The number of nitrogens with zero attached hydrogens (tertiary/aromatic N) is 1. The molecule has 2 nitrogen and oxygen atoms in total. The molecule has 0 aliphatic carbocycles. The van der Waals surface area contributed by atoms with Crippen LogP contribution in [-0.4, -0.2) is 18.0 Å². The molecule has 1 N–H and O–H groups in total. The van der Waals surface area contributed by atoms with Crippen LogP contribution in [0.15, 0.2) is 48.5 Å². The highest BCUT2D eigenvalue weighted by atomic mass is 15.2. The molecule has 0 amide bonds. The van der Waals surface area contributed by atoms with Crippen LogP contribution < -0.4 is 5.32 Å². The zero-order valence-electron chi connectivity index (χ0n) is 11.4. The lowest BCUT2D eigenvalue weighted by Gasteiger charge is -2.15. The van der Waals surface area contributed by atoms with Crippen molar-refractivity contribution >= 4 is 5.69 Å². The number of anilines is 1. The van der Waals surface area contributed by atoms with E-state index in [0.29, 0.717) is 0 Å². The van der Waals surface area contributed by atoms with Crippen molar-refractivity contribution in [3.8, 4) is 0 Å². The molecule has 0 spiro atoms. The predicted octanol–water partition coefficient (Wildman–Crippen LogP) is 3.42. The molecule has 0 atom stereocenters. The molecule has 0 bridgehead atoms. The first kappa shape index (κ1) is 12.2. The maximum atomic E-state index is 3.48. The summed E-state index contributed by atoms with van der Waals surface area (Å²) in [5.41, 5.74) is 5.48. The van der Waals surface area contributed by atoms with E-state index in [2.05, 4.69) is 65.7 Å². The number of rotatable bonds is 4. The molecule has 1 heterocycles. The Morgan fingerprint density at radius 2 is 1.58 bits per heavy atom. The van der Waals surface area contributed by atoms with E-state index in [1.54, 1.807) is 0 Å². The summed E-state index contributed by atoms with van der Waals surface area (Å²) in [5, 5.41) is 3.48. The number of nitrogens with one attached hydrogen (secondary N) is 1. The van der Waals surface area contributed by atoms with Crippen molar-refractivity contribution in [3.05, 3.63) is 65.2 Å². The quantitative estimate of drug-likeness (QED) is 0.897. The second kappa shape index (κ2) is 5.45. The Hall–Kier alpha value is -1.80. The molecule has 1 aliphatic rings. The van der Waals surface area contributed by atoms with Crippen molar-refractivity contribution in [3.63, 3.8) is 0 Å². The van der Waals surface area contributed by atoms with Gasteiger partial charge in [0.2, 0.25) is 0 Å². The van der Waals surface area contributed by atoms with Gasteiger partial charge < -0.3 is 5.32 Å². The van der Waals surface area contributed by atoms with Crippen molar-refractivity contribution in [1.82, 2.24) is 4.90 Å². The largest absolute Gasteiger partial charge is 0.384 e. The first-order chi connectivity index (χ1) is 9.31. The summed E-state index contributed by atoms with van der Waals surface area (Å²) in [7, 11) is 0. The summed E-state index contributed by atoms with van der Waals surface area (Å²) < 4.78 is 0. The lowest BCUT2D eigenvalue weighted by Crippen LogP contribution is -2.23. The highest BCUT2D eigenvalue weighted by Crippen LogP contribution is 2.21. The van der Waals surface area contributed by atoms with Gasteiger partial charge in [-0.3, -0.25) is 4.90 Å². The predicted molar refractivity (Wildman–Crippen MR) is 80.2 cm³/mol. The van der Waals surface area contributed by atoms with Crippen LogP contribution in [0.5, 0.6) is 0 Å². The minimum Gasteiger partial charge on any atom is -0.384 e. The van der Waals surface area contributed by atoms with E-state index < -0.39 is 0 Å². The van der Waals surface area contributed by atoms with Crippen LogP contribution in [-0.2, 0) is 13.1 Å². The Labute approximate surface area is 115 Å². The summed E-state index contributed by atoms with van der Waals surface area (Å²) in [6, 6.07) is 17.3. The summed E-state index contributed by atoms with van der Waals surface area (Å²) >= 11 is 0. The van der Waals surface area contributed by atoms with Crippen LogP contribution in [0.1, 0.15) is 16.7 Å². The van der Waals surface area contributed by atoms with Gasteiger partial charge in [0.1, 0.15) is 0 Å². The van der Waals surface area contributed by atoms with Gasteiger partial charge in [-0.1, -0.05) is 42.0 Å². The fourth-order valence-corrected chi connectivity index (χ4v) is 2.59. The third-order valence-electron chi connectivity index (χ3n) is 3.72. The smallest absolute Gasteiger partial charge is 0.0340 e. The molecule has 3 rings (SSSR count). The van der Waals surface area contributed by atoms with E-state index in [9.17, 15) is 0 Å². The molecule has 2 aromatic carbocycles. The maximum absolute atomic E-state index is 3.48. The molecular formula is C17H20N2. The molecule has 0 aromatic heterocycles. The van der Waals surface area contributed by atoms with Crippen LogP contribution in [0.2, 0.25) is 0 Å². The topological polar surface area (TPSA) is 15.3 Å². The average molecular weight is 252 g/mol. The molecule has 0 unspecified atom stereocenters. The van der Waals surface area contributed by atoms with Gasteiger partial charge in [-0.25, -0.2) is 0 Å². The summed E-state index contributed by atoms with van der Waals surface area (Å²) in [5.74, 6) is 0. The zero-order valence-corrected chi connectivity index (χ0v) is 11.4. The maximum Gasteiger partial charge on any atom is 0.0340 e. The van der Waals surface area contributed by atoms with Crippen LogP contribution in [0, 0.1) is 6.92 Å². The second-order valence-electron chi connectivity index (χ2n) is 5.27. The molecule has 19 heavy (non-hydrogen) atoms. The van der Waals surface area contributed by atoms with E-state index >= 15 is 0 Å². The molecule has 1 aliphatic heterocycles. The van der Waals surface area contributed by atoms with E-state index in [-0.39, 0.29) is 0 Å². The van der Waals surface area contributed by atoms with Gasteiger partial charge in [0.05, 0.1) is 0 Å². The number of hydrogen-bond acceptors (Lipinski definition) is 2. The first-order valence-electron chi connectivity index (χ1n) is 6.91. The van der Waals surface area contributed by atoms with Crippen molar-refractivity contribution < 1.29 is 0 Å². The van der Waals surface area contributed by atoms with Crippen LogP contribution in [0.25, 0.3) is 0 Å². The number of aryl methyl sites for hydroxylation is 1. The standard InChI is InChI=1S/C17H20N2/c1-14-6-8-17(9-7-14)18-10-11-19-12-15-4-2-3-5-16(15)13-19/h2-9,18H,10-13H2,1H3. The Morgan fingerprint density at radius 3 is 2.21 bits per heavy atom. The van der Waals surface area contributed by atoms with Crippen molar-refractivity contribution in [2.45, 2.75) is 20.0 Å². The van der Waals surface area contributed by atoms with Gasteiger partial charge in [0, 0.05) is 31.9 Å². The molecule has 0 fully saturated rings. The fraction of sp³-hybridized carbons (Fsp3) is 0.294. The minimum absolute atomic E-state index is 0.997. The van der Waals surface area contributed by atoms with Crippen molar-refractivity contribution in [2.24, 2.45) is 0 Å². The second-order valence-corrected chi connectivity index (χ2v) is 5.27. The average Bonchev–Trinajstić information content (AvgIpc) is 2.83. The Kier molecular flexibility index (Phi) is 3.51. The zero-order chi connectivity index (χ0) is 13.1. The molecular weight excluding hydrogens is 232 g/mol. The summed E-state index contributed by atoms with van der Waals surface area (Å²) in [6.07, 6.45) is 0. The molecule has 2 heteroatoms. The van der Waals surface area contributed by atoms with E-state index in [4.69, 9.17) is 0 Å². The summed E-state index contributed by atoms with van der Waals surface area (Å²) in [6.45, 7) is 6.38. The van der Waals surface area contributed by atoms with Gasteiger partial charge in [0.25, 0.3) is 0 Å². The molecule has 98 valence electrons. The van der Waals surface area contributed by atoms with Gasteiger partial charge in [-0.2, -0.15) is 0 Å². The third-order valence-corrected chi connectivity index (χ3v) is 3.72. The van der Waals surface area contributed by atoms with Crippen LogP contribution in [0.4, 0.5) is 5.69 Å². The molecule has 0 radical (unpaired) electrons. The monoisotopic (exact) mass is 252 g/mol. The van der Waals surface area contributed by atoms with Gasteiger partial charge in [0.15, 0.2) is 0 Å². The van der Waals surface area contributed by atoms with Crippen LogP contribution >= 0.6 is 0 Å².